The van der Waals surface area contributed by atoms with Crippen LogP contribution >= 0.6 is 11.6 Å². The Morgan fingerprint density at radius 2 is 2.06 bits per heavy atom. The van der Waals surface area contributed by atoms with E-state index in [0.717, 1.165) is 25.3 Å². The Kier molecular flexibility index (Phi) is 7.06. The van der Waals surface area contributed by atoms with Gasteiger partial charge in [0.2, 0.25) is 0 Å². The van der Waals surface area contributed by atoms with E-state index in [0.29, 0.717) is 5.02 Å². The number of benzene rings is 1. The fraction of sp³-hybridized carbons (Fsp3) is 0.571. The molecule has 0 aliphatic rings. The van der Waals surface area contributed by atoms with Crippen LogP contribution in [-0.4, -0.2) is 20.2 Å². The highest BCUT2D eigenvalue weighted by molar-refractivity contribution is 6.32. The van der Waals surface area contributed by atoms with Gasteiger partial charge in [0.25, 0.3) is 0 Å². The second-order valence-electron chi connectivity index (χ2n) is 4.18. The van der Waals surface area contributed by atoms with Gasteiger partial charge in [0.1, 0.15) is 5.75 Å². The van der Waals surface area contributed by atoms with Gasteiger partial charge in [-0.2, -0.15) is 0 Å². The zero-order chi connectivity index (χ0) is 12.5. The molecule has 0 saturated carbocycles. The van der Waals surface area contributed by atoms with Gasteiger partial charge < -0.3 is 10.1 Å². The number of hydrogen-bond donors (Lipinski definition) is 1. The van der Waals surface area contributed by atoms with E-state index in [9.17, 15) is 0 Å². The summed E-state index contributed by atoms with van der Waals surface area (Å²) < 4.78 is 5.13. The maximum absolute atomic E-state index is 6.07. The maximum Gasteiger partial charge on any atom is 0.137 e. The first kappa shape index (κ1) is 14.3. The molecule has 1 aromatic rings. The van der Waals surface area contributed by atoms with Gasteiger partial charge in [0, 0.05) is 0 Å². The fourth-order valence-corrected chi connectivity index (χ4v) is 2.03. The summed E-state index contributed by atoms with van der Waals surface area (Å²) in [6, 6.07) is 6.02. The van der Waals surface area contributed by atoms with Crippen molar-refractivity contribution in [2.24, 2.45) is 0 Å². The highest BCUT2D eigenvalue weighted by Gasteiger charge is 2.01. The Labute approximate surface area is 109 Å². The Morgan fingerprint density at radius 1 is 1.24 bits per heavy atom. The zero-order valence-electron chi connectivity index (χ0n) is 10.8. The number of halogens is 1. The van der Waals surface area contributed by atoms with Crippen molar-refractivity contribution in [3.05, 3.63) is 28.8 Å². The first-order chi connectivity index (χ1) is 8.27. The second-order valence-corrected chi connectivity index (χ2v) is 4.58. The molecular formula is C14H22ClNO. The summed E-state index contributed by atoms with van der Waals surface area (Å²) in [6.45, 7) is 4.42. The van der Waals surface area contributed by atoms with E-state index in [1.54, 1.807) is 7.11 Å². The van der Waals surface area contributed by atoms with Gasteiger partial charge in [-0.3, -0.25) is 0 Å². The molecule has 0 spiro atoms. The second kappa shape index (κ2) is 8.37. The molecule has 96 valence electrons. The van der Waals surface area contributed by atoms with Gasteiger partial charge in [0.15, 0.2) is 0 Å². The van der Waals surface area contributed by atoms with Gasteiger partial charge in [-0.05, 0) is 56.5 Å². The van der Waals surface area contributed by atoms with E-state index in [2.05, 4.69) is 18.3 Å². The predicted octanol–water partition coefficient (Wildman–Crippen LogP) is 3.67. The minimum Gasteiger partial charge on any atom is -0.495 e. The van der Waals surface area contributed by atoms with Crippen molar-refractivity contribution >= 4 is 11.6 Å². The lowest BCUT2D eigenvalue weighted by Crippen LogP contribution is -2.15. The number of aryl methyl sites for hydroxylation is 1. The van der Waals surface area contributed by atoms with Crippen molar-refractivity contribution in [1.29, 1.82) is 0 Å². The van der Waals surface area contributed by atoms with Gasteiger partial charge in [-0.25, -0.2) is 0 Å². The molecule has 1 rings (SSSR count). The molecule has 0 aliphatic heterocycles. The first-order valence-corrected chi connectivity index (χ1v) is 6.69. The van der Waals surface area contributed by atoms with E-state index < -0.39 is 0 Å². The molecule has 3 heteroatoms. The largest absolute Gasteiger partial charge is 0.495 e. The maximum atomic E-state index is 6.07. The van der Waals surface area contributed by atoms with Crippen LogP contribution in [0.3, 0.4) is 0 Å². The molecule has 0 aliphatic carbocycles. The standard InChI is InChI=1S/C14H22ClNO/c1-3-9-16-10-5-4-6-12-7-8-14(17-2)13(15)11-12/h7-8,11,16H,3-6,9-10H2,1-2H3. The summed E-state index contributed by atoms with van der Waals surface area (Å²) in [4.78, 5) is 0. The monoisotopic (exact) mass is 255 g/mol. The molecule has 0 unspecified atom stereocenters. The normalized spacial score (nSPS) is 10.5. The average molecular weight is 256 g/mol. The van der Waals surface area contributed by atoms with Crippen molar-refractivity contribution < 1.29 is 4.74 Å². The van der Waals surface area contributed by atoms with Gasteiger partial charge in [-0.1, -0.05) is 24.6 Å². The Morgan fingerprint density at radius 3 is 2.71 bits per heavy atom. The van der Waals surface area contributed by atoms with Crippen LogP contribution in [0.5, 0.6) is 5.75 Å². The molecule has 17 heavy (non-hydrogen) atoms. The van der Waals surface area contributed by atoms with Crippen LogP contribution < -0.4 is 10.1 Å². The summed E-state index contributed by atoms with van der Waals surface area (Å²) in [7, 11) is 1.64. The van der Waals surface area contributed by atoms with Crippen LogP contribution in [0.1, 0.15) is 31.7 Å². The molecule has 1 N–H and O–H groups in total. The van der Waals surface area contributed by atoms with Gasteiger partial charge >= 0.3 is 0 Å². The summed E-state index contributed by atoms with van der Waals surface area (Å²) in [6.07, 6.45) is 4.69. The summed E-state index contributed by atoms with van der Waals surface area (Å²) >= 11 is 6.07. The third-order valence-electron chi connectivity index (χ3n) is 2.71. The Hall–Kier alpha value is -0.730. The minimum absolute atomic E-state index is 0.703. The number of hydrogen-bond acceptors (Lipinski definition) is 2. The highest BCUT2D eigenvalue weighted by Crippen LogP contribution is 2.25. The summed E-state index contributed by atoms with van der Waals surface area (Å²) in [5.41, 5.74) is 1.28. The number of rotatable bonds is 8. The van der Waals surface area contributed by atoms with E-state index in [1.807, 2.05) is 12.1 Å². The fourth-order valence-electron chi connectivity index (χ4n) is 1.75. The van der Waals surface area contributed by atoms with E-state index in [-0.39, 0.29) is 0 Å². The van der Waals surface area contributed by atoms with Crippen LogP contribution in [0.25, 0.3) is 0 Å². The predicted molar refractivity (Wildman–Crippen MR) is 74.1 cm³/mol. The molecule has 0 aromatic heterocycles. The topological polar surface area (TPSA) is 21.3 Å². The third-order valence-corrected chi connectivity index (χ3v) is 3.01. The molecule has 0 fully saturated rings. The lowest BCUT2D eigenvalue weighted by Gasteiger charge is -2.06. The molecule has 0 amide bonds. The highest BCUT2D eigenvalue weighted by atomic mass is 35.5. The van der Waals surface area contributed by atoms with Gasteiger partial charge in [0.05, 0.1) is 12.1 Å². The third kappa shape index (κ3) is 5.42. The smallest absolute Gasteiger partial charge is 0.137 e. The van der Waals surface area contributed by atoms with E-state index >= 15 is 0 Å². The molecule has 0 heterocycles. The average Bonchev–Trinajstić information content (AvgIpc) is 2.34. The number of methoxy groups -OCH3 is 1. The Bertz CT molecular complexity index is 328. The number of unbranched alkanes of at least 4 members (excludes halogenated alkanes) is 1. The van der Waals surface area contributed by atoms with Crippen LogP contribution in [0, 0.1) is 0 Å². The van der Waals surface area contributed by atoms with E-state index in [4.69, 9.17) is 16.3 Å². The molecular weight excluding hydrogens is 234 g/mol. The van der Waals surface area contributed by atoms with E-state index in [1.165, 1.54) is 24.8 Å². The quantitative estimate of drug-likeness (QED) is 0.716. The van der Waals surface area contributed by atoms with Gasteiger partial charge in [-0.15, -0.1) is 0 Å². The van der Waals surface area contributed by atoms with Crippen molar-refractivity contribution in [2.75, 3.05) is 20.2 Å². The van der Waals surface area contributed by atoms with Crippen molar-refractivity contribution in [3.63, 3.8) is 0 Å². The van der Waals surface area contributed by atoms with Crippen LogP contribution in [-0.2, 0) is 6.42 Å². The molecule has 1 aromatic carbocycles. The SMILES string of the molecule is CCCNCCCCc1ccc(OC)c(Cl)c1. The van der Waals surface area contributed by atoms with Crippen LogP contribution in [0.15, 0.2) is 18.2 Å². The molecule has 2 nitrogen and oxygen atoms in total. The molecule has 0 saturated heterocycles. The van der Waals surface area contributed by atoms with Crippen molar-refractivity contribution in [1.82, 2.24) is 5.32 Å². The number of ether oxygens (including phenoxy) is 1. The number of nitrogens with one attached hydrogen (secondary N) is 1. The molecule has 0 atom stereocenters. The lowest BCUT2D eigenvalue weighted by atomic mass is 10.1. The first-order valence-electron chi connectivity index (χ1n) is 6.31. The Balaban J connectivity index is 2.25. The van der Waals surface area contributed by atoms with Crippen LogP contribution in [0.2, 0.25) is 5.02 Å². The lowest BCUT2D eigenvalue weighted by molar-refractivity contribution is 0.415. The summed E-state index contributed by atoms with van der Waals surface area (Å²) in [5.74, 6) is 0.750. The van der Waals surface area contributed by atoms with Crippen LogP contribution in [0.4, 0.5) is 0 Å². The molecule has 0 radical (unpaired) electrons. The van der Waals surface area contributed by atoms with Crippen molar-refractivity contribution in [3.8, 4) is 5.75 Å². The minimum atomic E-state index is 0.703. The summed E-state index contributed by atoms with van der Waals surface area (Å²) in [5, 5.41) is 4.11. The van der Waals surface area contributed by atoms with Crippen molar-refractivity contribution in [2.45, 2.75) is 32.6 Å². The zero-order valence-corrected chi connectivity index (χ0v) is 11.5. The molecule has 0 bridgehead atoms.